The Morgan fingerprint density at radius 1 is 0.957 bits per heavy atom. The first-order valence-electron chi connectivity index (χ1n) is 16.5. The first-order chi connectivity index (χ1) is 22.1. The fraction of sp³-hybridized carbons (Fsp3) is 0.368. The number of benzene rings is 3. The molecule has 4 atom stereocenters. The third kappa shape index (κ3) is 6.29. The third-order valence-electron chi connectivity index (χ3n) is 9.82. The number of imide groups is 1. The van der Waals surface area contributed by atoms with Crippen LogP contribution in [0, 0.1) is 31.6 Å². The predicted octanol–water partition coefficient (Wildman–Crippen LogP) is 7.74. The van der Waals surface area contributed by atoms with E-state index in [1.807, 2.05) is 80.6 Å². The Hall–Kier alpha value is -4.14. The van der Waals surface area contributed by atoms with E-state index in [0.717, 1.165) is 58.5 Å². The quantitative estimate of drug-likeness (QED) is 0.129. The number of allylic oxidation sites excluding steroid dienone is 2. The van der Waals surface area contributed by atoms with Crippen molar-refractivity contribution in [2.75, 3.05) is 10.2 Å². The third-order valence-corrected chi connectivity index (χ3v) is 9.82. The second kappa shape index (κ2) is 13.3. The van der Waals surface area contributed by atoms with Crippen LogP contribution < -0.4 is 10.2 Å². The van der Waals surface area contributed by atoms with Crippen molar-refractivity contribution in [3.8, 4) is 5.75 Å². The molecule has 3 aromatic carbocycles. The summed E-state index contributed by atoms with van der Waals surface area (Å²) in [6, 6.07) is 21.3. The zero-order valence-corrected chi connectivity index (χ0v) is 27.1. The van der Waals surface area contributed by atoms with Crippen molar-refractivity contribution in [3.63, 3.8) is 0 Å². The van der Waals surface area contributed by atoms with E-state index in [4.69, 9.17) is 4.65 Å². The number of amides is 2. The number of aryl methyl sites for hydroxylation is 2. The van der Waals surface area contributed by atoms with E-state index in [-0.39, 0.29) is 23.8 Å². The molecule has 0 aromatic heterocycles. The molecule has 0 saturated carbocycles. The number of fused-ring (bicyclic) bond motifs is 3. The van der Waals surface area contributed by atoms with Gasteiger partial charge in [0.15, 0.2) is 0 Å². The van der Waals surface area contributed by atoms with Crippen LogP contribution in [0.3, 0.4) is 0 Å². The van der Waals surface area contributed by atoms with Crippen LogP contribution in [0.25, 0.3) is 6.08 Å². The molecule has 0 bridgehead atoms. The molecule has 0 unspecified atom stereocenters. The maximum atomic E-state index is 14.1. The molecule has 2 fully saturated rings. The Morgan fingerprint density at radius 2 is 1.63 bits per heavy atom. The molecular weight excluding hydrogens is 575 g/mol. The number of nitrogens with zero attached hydrogens (tertiary/aromatic N) is 1. The van der Waals surface area contributed by atoms with Gasteiger partial charge in [-0.05, 0) is 129 Å². The molecule has 1 aliphatic carbocycles. The number of rotatable bonds is 9. The Kier molecular flexibility index (Phi) is 9.21. The molecule has 2 saturated heterocycles. The zero-order valence-electron chi connectivity index (χ0n) is 27.1. The summed E-state index contributed by atoms with van der Waals surface area (Å²) in [7, 11) is -0.994. The first-order valence-corrected chi connectivity index (χ1v) is 16.5. The Balaban J connectivity index is 1.21. The lowest BCUT2D eigenvalue weighted by Crippen LogP contribution is -2.46. The van der Waals surface area contributed by atoms with Gasteiger partial charge in [-0.15, -0.1) is 0 Å². The van der Waals surface area contributed by atoms with Gasteiger partial charge in [0, 0.05) is 11.4 Å². The number of nitrogens with one attached hydrogen (secondary N) is 1. The van der Waals surface area contributed by atoms with Gasteiger partial charge in [-0.2, -0.15) is 0 Å². The lowest BCUT2D eigenvalue weighted by molar-refractivity contribution is -0.122. The summed E-state index contributed by atoms with van der Waals surface area (Å²) in [6.07, 6.45) is 6.10. The van der Waals surface area contributed by atoms with E-state index in [0.29, 0.717) is 30.6 Å². The van der Waals surface area contributed by atoms with Crippen LogP contribution in [-0.2, 0) is 14.2 Å². The van der Waals surface area contributed by atoms with Crippen LogP contribution in [0.4, 0.5) is 17.1 Å². The van der Waals surface area contributed by atoms with Gasteiger partial charge >= 0.3 is 7.12 Å². The summed E-state index contributed by atoms with van der Waals surface area (Å²) in [5.74, 6) is -1.21. The second-order valence-corrected chi connectivity index (χ2v) is 13.1. The number of anilines is 3. The average molecular weight is 619 g/mol. The van der Waals surface area contributed by atoms with E-state index in [1.165, 1.54) is 10.5 Å². The number of carbonyl (C=O) groups excluding carboxylic acids is 2. The van der Waals surface area contributed by atoms with Crippen LogP contribution in [0.15, 0.2) is 83.4 Å². The SMILES string of the molecule is CCC/C(=C\c1cc(C)c(O)c(C)c1)CC[C@H]1OB(O)C[C@H]2C1=C(C)C[C@H]1C(=O)N(c3ccc(Nc4ccccc4)cc3)C(=O)[C@H]12. The molecule has 0 radical (unpaired) electrons. The minimum atomic E-state index is -0.994. The summed E-state index contributed by atoms with van der Waals surface area (Å²) in [5.41, 5.74) is 8.63. The van der Waals surface area contributed by atoms with E-state index in [2.05, 4.69) is 25.2 Å². The molecule has 2 amide bonds. The van der Waals surface area contributed by atoms with E-state index in [1.54, 1.807) is 0 Å². The van der Waals surface area contributed by atoms with Crippen LogP contribution in [0.1, 0.15) is 62.6 Å². The number of aromatic hydroxyl groups is 1. The lowest BCUT2D eigenvalue weighted by atomic mass is 9.58. The average Bonchev–Trinajstić information content (AvgIpc) is 3.28. The van der Waals surface area contributed by atoms with Gasteiger partial charge in [0.25, 0.3) is 0 Å². The van der Waals surface area contributed by atoms with Gasteiger partial charge in [0.2, 0.25) is 11.8 Å². The molecule has 3 aromatic rings. The number of para-hydroxylation sites is 1. The summed E-state index contributed by atoms with van der Waals surface area (Å²) < 4.78 is 6.16. The number of phenols is 1. The molecule has 6 rings (SSSR count). The minimum Gasteiger partial charge on any atom is -0.507 e. The molecule has 2 aliphatic heterocycles. The van der Waals surface area contributed by atoms with Crippen molar-refractivity contribution in [1.29, 1.82) is 0 Å². The van der Waals surface area contributed by atoms with Crippen molar-refractivity contribution in [3.05, 3.63) is 100 Å². The van der Waals surface area contributed by atoms with Crippen LogP contribution in [0.5, 0.6) is 5.75 Å². The highest BCUT2D eigenvalue weighted by Crippen LogP contribution is 2.51. The van der Waals surface area contributed by atoms with Gasteiger partial charge in [0.1, 0.15) is 5.75 Å². The lowest BCUT2D eigenvalue weighted by Gasteiger charge is -2.42. The molecule has 8 heteroatoms. The van der Waals surface area contributed by atoms with Gasteiger partial charge in [-0.3, -0.25) is 14.5 Å². The van der Waals surface area contributed by atoms with Crippen LogP contribution in [0.2, 0.25) is 6.32 Å². The molecule has 46 heavy (non-hydrogen) atoms. The maximum Gasteiger partial charge on any atom is 0.455 e. The standard InChI is InChI=1S/C38H43BN2O5/c1-5-9-26(21-27-18-24(3)36(42)25(4)19-27)12-17-33-34-23(2)20-31-35(32(34)22-39(45)46-33)38(44)41(37(31)43)30-15-13-29(14-16-30)40-28-10-7-6-8-11-28/h6-8,10-11,13-16,18-19,21,31-33,35,40,42,45H,5,9,12,17,20,22H2,1-4H3/b26-21+/t31-,32+,33-,35-/m1/s1. The molecule has 2 heterocycles. The van der Waals surface area contributed by atoms with Crippen molar-refractivity contribution in [2.24, 2.45) is 17.8 Å². The summed E-state index contributed by atoms with van der Waals surface area (Å²) in [6.45, 7) is 8.04. The number of hydrogen-bond acceptors (Lipinski definition) is 6. The smallest absolute Gasteiger partial charge is 0.455 e. The van der Waals surface area contributed by atoms with Gasteiger partial charge in [0.05, 0.1) is 23.6 Å². The largest absolute Gasteiger partial charge is 0.507 e. The fourth-order valence-electron chi connectivity index (χ4n) is 7.77. The Labute approximate surface area is 272 Å². The van der Waals surface area contributed by atoms with Gasteiger partial charge in [-0.1, -0.05) is 48.8 Å². The summed E-state index contributed by atoms with van der Waals surface area (Å²) in [5, 5.41) is 24.5. The Bertz CT molecular complexity index is 1660. The monoisotopic (exact) mass is 618 g/mol. The van der Waals surface area contributed by atoms with E-state index >= 15 is 0 Å². The molecule has 238 valence electrons. The van der Waals surface area contributed by atoms with Gasteiger partial charge in [-0.25, -0.2) is 0 Å². The van der Waals surface area contributed by atoms with E-state index in [9.17, 15) is 19.7 Å². The van der Waals surface area contributed by atoms with Gasteiger partial charge < -0.3 is 20.1 Å². The molecule has 3 N–H and O–H groups in total. The topological polar surface area (TPSA) is 99.1 Å². The molecular formula is C38H43BN2O5. The summed E-state index contributed by atoms with van der Waals surface area (Å²) in [4.78, 5) is 29.2. The maximum absolute atomic E-state index is 14.1. The predicted molar refractivity (Wildman–Crippen MR) is 184 cm³/mol. The summed E-state index contributed by atoms with van der Waals surface area (Å²) >= 11 is 0. The first kappa shape index (κ1) is 31.8. The van der Waals surface area contributed by atoms with Crippen LogP contribution >= 0.6 is 0 Å². The molecule has 3 aliphatic rings. The molecule has 0 spiro atoms. The highest BCUT2D eigenvalue weighted by atomic mass is 16.5. The highest BCUT2D eigenvalue weighted by molar-refractivity contribution is 6.43. The highest BCUT2D eigenvalue weighted by Gasteiger charge is 2.57. The van der Waals surface area contributed by atoms with Crippen LogP contribution in [-0.4, -0.2) is 35.2 Å². The second-order valence-electron chi connectivity index (χ2n) is 13.1. The van der Waals surface area contributed by atoms with Crippen molar-refractivity contribution < 1.29 is 24.4 Å². The fourth-order valence-corrected chi connectivity index (χ4v) is 7.77. The minimum absolute atomic E-state index is 0.164. The van der Waals surface area contributed by atoms with Crippen molar-refractivity contribution in [1.82, 2.24) is 0 Å². The van der Waals surface area contributed by atoms with E-state index < -0.39 is 19.0 Å². The molecule has 7 nitrogen and oxygen atoms in total. The Morgan fingerprint density at radius 3 is 2.30 bits per heavy atom. The normalized spacial score (nSPS) is 23.1. The number of hydrogen-bond donors (Lipinski definition) is 3. The zero-order chi connectivity index (χ0) is 32.5. The number of phenolic OH excluding ortho intramolecular Hbond substituents is 1. The van der Waals surface area contributed by atoms with Crippen molar-refractivity contribution >= 4 is 42.1 Å². The number of carbonyl (C=O) groups is 2. The van der Waals surface area contributed by atoms with Crippen molar-refractivity contribution in [2.45, 2.75) is 72.2 Å².